The number of nitrogens with one attached hydrogen (secondary N) is 1. The van der Waals surface area contributed by atoms with E-state index in [4.69, 9.17) is 4.74 Å². The van der Waals surface area contributed by atoms with Crippen molar-refractivity contribution in [1.82, 2.24) is 19.8 Å². The van der Waals surface area contributed by atoms with Gasteiger partial charge in [0.2, 0.25) is 10.1 Å². The Hall–Kier alpha value is -3.26. The smallest absolute Gasteiger partial charge is 0.257 e. The summed E-state index contributed by atoms with van der Waals surface area (Å²) >= 11 is 1.27. The van der Waals surface area contributed by atoms with E-state index in [0.29, 0.717) is 28.1 Å². The number of amides is 1. The number of hydrogen-bond acceptors (Lipinski definition) is 6. The molecular formula is C19H17N5O2S. The molecule has 1 N–H and O–H groups in total. The van der Waals surface area contributed by atoms with Crippen LogP contribution in [-0.4, -0.2) is 32.3 Å². The van der Waals surface area contributed by atoms with Gasteiger partial charge < -0.3 is 4.74 Å². The molecule has 0 bridgehead atoms. The van der Waals surface area contributed by atoms with Crippen molar-refractivity contribution >= 4 is 27.3 Å². The minimum atomic E-state index is -0.236. The predicted molar refractivity (Wildman–Crippen MR) is 104 cm³/mol. The number of nitrogens with zero attached hydrogens (tertiary/aromatic N) is 4. The van der Waals surface area contributed by atoms with Gasteiger partial charge in [-0.25, -0.2) is 0 Å². The van der Waals surface area contributed by atoms with Gasteiger partial charge in [0.05, 0.1) is 6.61 Å². The predicted octanol–water partition coefficient (Wildman–Crippen LogP) is 3.81. The average Bonchev–Trinajstić information content (AvgIpc) is 3.22. The van der Waals surface area contributed by atoms with E-state index in [9.17, 15) is 4.79 Å². The van der Waals surface area contributed by atoms with Crippen molar-refractivity contribution < 1.29 is 9.53 Å². The van der Waals surface area contributed by atoms with E-state index in [1.165, 1.54) is 11.3 Å². The number of anilines is 1. The van der Waals surface area contributed by atoms with Gasteiger partial charge >= 0.3 is 0 Å². The third-order valence-corrected chi connectivity index (χ3v) is 4.73. The van der Waals surface area contributed by atoms with Crippen molar-refractivity contribution in [3.63, 3.8) is 0 Å². The van der Waals surface area contributed by atoms with E-state index in [1.54, 1.807) is 28.8 Å². The topological polar surface area (TPSA) is 81.4 Å². The van der Waals surface area contributed by atoms with Crippen LogP contribution in [0, 0.1) is 6.92 Å². The molecule has 7 nitrogen and oxygen atoms in total. The molecule has 4 rings (SSSR count). The minimum absolute atomic E-state index is 0.236. The molecule has 0 aliphatic rings. The Morgan fingerprint density at radius 1 is 1.19 bits per heavy atom. The van der Waals surface area contributed by atoms with Crippen molar-refractivity contribution in [2.45, 2.75) is 13.8 Å². The summed E-state index contributed by atoms with van der Waals surface area (Å²) in [6.45, 7) is 4.52. The molecule has 2 heterocycles. The lowest BCUT2D eigenvalue weighted by Crippen LogP contribution is -2.12. The van der Waals surface area contributed by atoms with Gasteiger partial charge in [-0.15, -0.1) is 15.3 Å². The second-order valence-electron chi connectivity index (χ2n) is 5.91. The van der Waals surface area contributed by atoms with Crippen LogP contribution in [-0.2, 0) is 0 Å². The normalized spacial score (nSPS) is 10.9. The summed E-state index contributed by atoms with van der Waals surface area (Å²) in [6.07, 6.45) is 0. The minimum Gasteiger partial charge on any atom is -0.494 e. The Balaban J connectivity index is 1.57. The zero-order valence-corrected chi connectivity index (χ0v) is 15.7. The first kappa shape index (κ1) is 17.2. The largest absolute Gasteiger partial charge is 0.494 e. The molecule has 4 aromatic rings. The highest BCUT2D eigenvalue weighted by Gasteiger charge is 2.15. The molecule has 0 radical (unpaired) electrons. The zero-order valence-electron chi connectivity index (χ0n) is 14.8. The summed E-state index contributed by atoms with van der Waals surface area (Å²) in [7, 11) is 0. The van der Waals surface area contributed by atoms with Crippen LogP contribution in [0.2, 0.25) is 0 Å². The fraction of sp³-hybridized carbons (Fsp3) is 0.158. The van der Waals surface area contributed by atoms with E-state index in [1.807, 2.05) is 38.1 Å². The lowest BCUT2D eigenvalue weighted by Gasteiger charge is -2.04. The van der Waals surface area contributed by atoms with E-state index in [2.05, 4.69) is 20.6 Å². The SMILES string of the molecule is CCOc1ccc(C(=O)Nc2nn3c(-c4cccc(C)c4)nnc3s2)cc1. The standard InChI is InChI=1S/C19H17N5O2S/c1-3-26-15-9-7-13(8-10-15)17(25)20-18-23-24-16(21-22-19(24)27-18)14-6-4-5-12(2)11-14/h4-11H,3H2,1-2H3,(H,20,23,25). The fourth-order valence-electron chi connectivity index (χ4n) is 2.67. The first-order valence-electron chi connectivity index (χ1n) is 8.47. The lowest BCUT2D eigenvalue weighted by molar-refractivity contribution is 0.102. The highest BCUT2D eigenvalue weighted by molar-refractivity contribution is 7.20. The number of aryl methyl sites for hydroxylation is 1. The van der Waals surface area contributed by atoms with Crippen LogP contribution < -0.4 is 10.1 Å². The Kier molecular flexibility index (Phi) is 4.55. The van der Waals surface area contributed by atoms with Crippen LogP contribution in [0.5, 0.6) is 5.75 Å². The van der Waals surface area contributed by atoms with Crippen molar-refractivity contribution in [3.05, 3.63) is 59.7 Å². The van der Waals surface area contributed by atoms with Crippen LogP contribution in [0.25, 0.3) is 16.3 Å². The maximum Gasteiger partial charge on any atom is 0.257 e. The molecule has 0 aliphatic heterocycles. The molecule has 0 atom stereocenters. The van der Waals surface area contributed by atoms with Gasteiger partial charge in [-0.2, -0.15) is 4.52 Å². The van der Waals surface area contributed by atoms with Crippen LogP contribution >= 0.6 is 11.3 Å². The molecule has 27 heavy (non-hydrogen) atoms. The van der Waals surface area contributed by atoms with E-state index < -0.39 is 0 Å². The van der Waals surface area contributed by atoms with Crippen LogP contribution in [0.4, 0.5) is 5.13 Å². The van der Waals surface area contributed by atoms with Crippen molar-refractivity contribution in [2.24, 2.45) is 0 Å². The number of carbonyl (C=O) groups excluding carboxylic acids is 1. The van der Waals surface area contributed by atoms with Gasteiger partial charge in [-0.05, 0) is 44.2 Å². The van der Waals surface area contributed by atoms with Crippen LogP contribution in [0.15, 0.2) is 48.5 Å². The van der Waals surface area contributed by atoms with Crippen molar-refractivity contribution in [3.8, 4) is 17.1 Å². The summed E-state index contributed by atoms with van der Waals surface area (Å²) in [4.78, 5) is 13.1. The second-order valence-corrected chi connectivity index (χ2v) is 6.86. The number of benzene rings is 2. The number of ether oxygens (including phenoxy) is 1. The molecule has 2 aromatic heterocycles. The van der Waals surface area contributed by atoms with Gasteiger partial charge in [0.15, 0.2) is 5.82 Å². The summed E-state index contributed by atoms with van der Waals surface area (Å²) in [5, 5.41) is 16.1. The number of fused-ring (bicyclic) bond motifs is 1. The molecule has 1 amide bonds. The lowest BCUT2D eigenvalue weighted by atomic mass is 10.1. The Labute approximate surface area is 159 Å². The first-order valence-corrected chi connectivity index (χ1v) is 9.29. The summed E-state index contributed by atoms with van der Waals surface area (Å²) in [5.74, 6) is 1.14. The van der Waals surface area contributed by atoms with Gasteiger partial charge in [-0.1, -0.05) is 35.1 Å². The summed E-state index contributed by atoms with van der Waals surface area (Å²) in [5.41, 5.74) is 2.59. The molecule has 2 aromatic carbocycles. The molecule has 136 valence electrons. The maximum absolute atomic E-state index is 12.5. The van der Waals surface area contributed by atoms with Gasteiger partial charge in [-0.3, -0.25) is 10.1 Å². The second kappa shape index (κ2) is 7.16. The summed E-state index contributed by atoms with van der Waals surface area (Å²) in [6, 6.07) is 14.9. The van der Waals surface area contributed by atoms with Gasteiger partial charge in [0, 0.05) is 11.1 Å². The summed E-state index contributed by atoms with van der Waals surface area (Å²) < 4.78 is 7.04. The zero-order chi connectivity index (χ0) is 18.8. The highest BCUT2D eigenvalue weighted by Crippen LogP contribution is 2.25. The van der Waals surface area contributed by atoms with E-state index >= 15 is 0 Å². The third kappa shape index (κ3) is 3.52. The van der Waals surface area contributed by atoms with Crippen molar-refractivity contribution in [1.29, 1.82) is 0 Å². The van der Waals surface area contributed by atoms with E-state index in [-0.39, 0.29) is 5.91 Å². The van der Waals surface area contributed by atoms with Gasteiger partial charge in [0.25, 0.3) is 5.91 Å². The Morgan fingerprint density at radius 3 is 2.74 bits per heavy atom. The molecule has 0 aliphatic carbocycles. The third-order valence-electron chi connectivity index (χ3n) is 3.92. The Bertz CT molecular complexity index is 1100. The molecule has 0 spiro atoms. The number of carbonyl (C=O) groups is 1. The monoisotopic (exact) mass is 379 g/mol. The van der Waals surface area contributed by atoms with Gasteiger partial charge in [0.1, 0.15) is 5.75 Å². The maximum atomic E-state index is 12.5. The molecule has 0 saturated heterocycles. The molecule has 0 fully saturated rings. The first-order chi connectivity index (χ1) is 13.1. The van der Waals surface area contributed by atoms with Crippen LogP contribution in [0.3, 0.4) is 0 Å². The number of hydrogen-bond donors (Lipinski definition) is 1. The number of aromatic nitrogens is 4. The van der Waals surface area contributed by atoms with Crippen LogP contribution in [0.1, 0.15) is 22.8 Å². The van der Waals surface area contributed by atoms with E-state index in [0.717, 1.165) is 16.9 Å². The molecule has 8 heteroatoms. The quantitative estimate of drug-likeness (QED) is 0.570. The molecule has 0 unspecified atom stereocenters. The van der Waals surface area contributed by atoms with Crippen molar-refractivity contribution in [2.75, 3.05) is 11.9 Å². The number of rotatable bonds is 5. The average molecular weight is 379 g/mol. The fourth-order valence-corrected chi connectivity index (χ4v) is 3.40. The Morgan fingerprint density at radius 2 is 2.00 bits per heavy atom. The molecular weight excluding hydrogens is 362 g/mol. The highest BCUT2D eigenvalue weighted by atomic mass is 32.1. The molecule has 0 saturated carbocycles.